The van der Waals surface area contributed by atoms with Crippen LogP contribution in [-0.2, 0) is 0 Å². The number of hydrogen-bond donors (Lipinski definition) is 1. The van der Waals surface area contributed by atoms with Crippen molar-refractivity contribution in [2.75, 3.05) is 6.54 Å². The van der Waals surface area contributed by atoms with Crippen LogP contribution in [0.15, 0.2) is 0 Å². The number of likely N-dealkylation sites (tertiary alicyclic amines) is 1. The van der Waals surface area contributed by atoms with Crippen LogP contribution in [0.5, 0.6) is 0 Å². The Morgan fingerprint density at radius 2 is 2.00 bits per heavy atom. The summed E-state index contributed by atoms with van der Waals surface area (Å²) in [5, 5.41) is 9.52. The topological polar surface area (TPSA) is 23.5 Å². The van der Waals surface area contributed by atoms with Gasteiger partial charge < -0.3 is 5.11 Å². The molecular weight excluding hydrogens is 150 g/mol. The van der Waals surface area contributed by atoms with Gasteiger partial charge in [0.1, 0.15) is 0 Å². The van der Waals surface area contributed by atoms with Gasteiger partial charge in [0.15, 0.2) is 0 Å². The predicted molar refractivity (Wildman–Crippen MR) is 51.2 cm³/mol. The first kappa shape index (κ1) is 10.0. The summed E-state index contributed by atoms with van der Waals surface area (Å²) in [6.45, 7) is 9.91. The highest BCUT2D eigenvalue weighted by Crippen LogP contribution is 2.29. The largest absolute Gasteiger partial charge is 0.393 e. The standard InChI is InChI=1S/C10H21NO/c1-8(2)11-6-5-9(12)7-10(11,3)4/h8-9,12H,5-7H2,1-4H3. The molecule has 1 unspecified atom stereocenters. The van der Waals surface area contributed by atoms with Gasteiger partial charge in [-0.05, 0) is 40.5 Å². The van der Waals surface area contributed by atoms with Gasteiger partial charge in [0.25, 0.3) is 0 Å². The van der Waals surface area contributed by atoms with Crippen molar-refractivity contribution in [3.05, 3.63) is 0 Å². The fourth-order valence-electron chi connectivity index (χ4n) is 2.34. The van der Waals surface area contributed by atoms with Crippen LogP contribution in [0.2, 0.25) is 0 Å². The number of aliphatic hydroxyl groups is 1. The van der Waals surface area contributed by atoms with E-state index >= 15 is 0 Å². The zero-order valence-electron chi connectivity index (χ0n) is 8.67. The molecule has 0 aliphatic carbocycles. The lowest BCUT2D eigenvalue weighted by molar-refractivity contribution is -0.0193. The van der Waals surface area contributed by atoms with Gasteiger partial charge in [-0.2, -0.15) is 0 Å². The molecular formula is C10H21NO. The van der Waals surface area contributed by atoms with Gasteiger partial charge in [0, 0.05) is 18.1 Å². The number of piperidine rings is 1. The summed E-state index contributed by atoms with van der Waals surface area (Å²) < 4.78 is 0. The van der Waals surface area contributed by atoms with E-state index < -0.39 is 0 Å². The molecule has 1 heterocycles. The molecule has 0 aromatic carbocycles. The molecule has 0 aromatic heterocycles. The van der Waals surface area contributed by atoms with Crippen molar-refractivity contribution >= 4 is 0 Å². The highest BCUT2D eigenvalue weighted by atomic mass is 16.3. The van der Waals surface area contributed by atoms with Crippen LogP contribution >= 0.6 is 0 Å². The molecule has 2 nitrogen and oxygen atoms in total. The normalized spacial score (nSPS) is 31.0. The summed E-state index contributed by atoms with van der Waals surface area (Å²) in [6.07, 6.45) is 1.75. The van der Waals surface area contributed by atoms with E-state index in [4.69, 9.17) is 0 Å². The summed E-state index contributed by atoms with van der Waals surface area (Å²) >= 11 is 0. The summed E-state index contributed by atoms with van der Waals surface area (Å²) in [6, 6.07) is 0.590. The third kappa shape index (κ3) is 1.99. The summed E-state index contributed by atoms with van der Waals surface area (Å²) in [4.78, 5) is 2.47. The van der Waals surface area contributed by atoms with Gasteiger partial charge >= 0.3 is 0 Å². The molecule has 0 spiro atoms. The zero-order valence-corrected chi connectivity index (χ0v) is 8.67. The first-order chi connectivity index (χ1) is 5.43. The molecule has 1 atom stereocenters. The predicted octanol–water partition coefficient (Wildman–Crippen LogP) is 1.63. The fraction of sp³-hybridized carbons (Fsp3) is 1.00. The molecule has 0 saturated carbocycles. The number of hydrogen-bond acceptors (Lipinski definition) is 2. The van der Waals surface area contributed by atoms with E-state index in [0.717, 1.165) is 19.4 Å². The second-order valence-corrected chi connectivity index (χ2v) is 4.75. The Morgan fingerprint density at radius 1 is 1.42 bits per heavy atom. The first-order valence-corrected chi connectivity index (χ1v) is 4.88. The number of rotatable bonds is 1. The Morgan fingerprint density at radius 3 is 2.42 bits per heavy atom. The Kier molecular flexibility index (Phi) is 2.79. The van der Waals surface area contributed by atoms with Crippen molar-refractivity contribution < 1.29 is 5.11 Å². The third-order valence-corrected chi connectivity index (χ3v) is 2.84. The Balaban J connectivity index is 2.64. The molecule has 0 bridgehead atoms. The maximum Gasteiger partial charge on any atom is 0.0569 e. The third-order valence-electron chi connectivity index (χ3n) is 2.84. The average Bonchev–Trinajstić information content (AvgIpc) is 1.82. The van der Waals surface area contributed by atoms with Crippen LogP contribution in [0.4, 0.5) is 0 Å². The molecule has 72 valence electrons. The van der Waals surface area contributed by atoms with Crippen molar-refractivity contribution in [2.45, 2.75) is 58.2 Å². The Labute approximate surface area is 75.6 Å². The fourth-order valence-corrected chi connectivity index (χ4v) is 2.34. The SMILES string of the molecule is CC(C)N1CCC(O)CC1(C)C. The maximum absolute atomic E-state index is 9.52. The van der Waals surface area contributed by atoms with Crippen LogP contribution in [0.3, 0.4) is 0 Å². The van der Waals surface area contributed by atoms with E-state index in [2.05, 4.69) is 32.6 Å². The average molecular weight is 171 g/mol. The van der Waals surface area contributed by atoms with Gasteiger partial charge in [-0.1, -0.05) is 0 Å². The summed E-state index contributed by atoms with van der Waals surface area (Å²) in [5.74, 6) is 0. The molecule has 0 radical (unpaired) electrons. The lowest BCUT2D eigenvalue weighted by Crippen LogP contribution is -2.54. The zero-order chi connectivity index (χ0) is 9.35. The van der Waals surface area contributed by atoms with E-state index in [1.807, 2.05) is 0 Å². The van der Waals surface area contributed by atoms with Crippen molar-refractivity contribution in [3.8, 4) is 0 Å². The maximum atomic E-state index is 9.52. The van der Waals surface area contributed by atoms with Gasteiger partial charge in [0.2, 0.25) is 0 Å². The van der Waals surface area contributed by atoms with E-state index in [9.17, 15) is 5.11 Å². The van der Waals surface area contributed by atoms with Crippen LogP contribution in [-0.4, -0.2) is 34.2 Å². The quantitative estimate of drug-likeness (QED) is 0.648. The van der Waals surface area contributed by atoms with Crippen LogP contribution in [0.1, 0.15) is 40.5 Å². The summed E-state index contributed by atoms with van der Waals surface area (Å²) in [7, 11) is 0. The summed E-state index contributed by atoms with van der Waals surface area (Å²) in [5.41, 5.74) is 0.172. The van der Waals surface area contributed by atoms with E-state index in [1.54, 1.807) is 0 Å². The van der Waals surface area contributed by atoms with Crippen molar-refractivity contribution in [3.63, 3.8) is 0 Å². The molecule has 1 aliphatic heterocycles. The minimum atomic E-state index is -0.0880. The van der Waals surface area contributed by atoms with E-state index in [0.29, 0.717) is 6.04 Å². The molecule has 12 heavy (non-hydrogen) atoms. The molecule has 0 aromatic rings. The number of nitrogens with zero attached hydrogens (tertiary/aromatic N) is 1. The van der Waals surface area contributed by atoms with Crippen molar-refractivity contribution in [2.24, 2.45) is 0 Å². The van der Waals surface area contributed by atoms with E-state index in [-0.39, 0.29) is 11.6 Å². The van der Waals surface area contributed by atoms with Crippen LogP contribution < -0.4 is 0 Å². The molecule has 1 rings (SSSR count). The lowest BCUT2D eigenvalue weighted by atomic mass is 9.87. The van der Waals surface area contributed by atoms with E-state index in [1.165, 1.54) is 0 Å². The van der Waals surface area contributed by atoms with Crippen LogP contribution in [0, 0.1) is 0 Å². The van der Waals surface area contributed by atoms with Gasteiger partial charge in [-0.15, -0.1) is 0 Å². The Hall–Kier alpha value is -0.0800. The van der Waals surface area contributed by atoms with Crippen molar-refractivity contribution in [1.29, 1.82) is 0 Å². The minimum Gasteiger partial charge on any atom is -0.393 e. The molecule has 0 amide bonds. The highest BCUT2D eigenvalue weighted by molar-refractivity contribution is 4.90. The smallest absolute Gasteiger partial charge is 0.0569 e. The molecule has 2 heteroatoms. The first-order valence-electron chi connectivity index (χ1n) is 4.88. The van der Waals surface area contributed by atoms with Gasteiger partial charge in [0.05, 0.1) is 6.10 Å². The van der Waals surface area contributed by atoms with Crippen LogP contribution in [0.25, 0.3) is 0 Å². The number of aliphatic hydroxyl groups excluding tert-OH is 1. The molecule has 1 N–H and O–H groups in total. The van der Waals surface area contributed by atoms with Gasteiger partial charge in [-0.25, -0.2) is 0 Å². The Bertz CT molecular complexity index is 154. The molecule has 1 aliphatic rings. The molecule has 1 saturated heterocycles. The molecule has 1 fully saturated rings. The van der Waals surface area contributed by atoms with Gasteiger partial charge in [-0.3, -0.25) is 4.90 Å². The minimum absolute atomic E-state index is 0.0880. The lowest BCUT2D eigenvalue weighted by Gasteiger charge is -2.46. The second kappa shape index (κ2) is 3.35. The monoisotopic (exact) mass is 171 g/mol. The highest BCUT2D eigenvalue weighted by Gasteiger charge is 2.34. The second-order valence-electron chi connectivity index (χ2n) is 4.75. The van der Waals surface area contributed by atoms with Crippen molar-refractivity contribution in [1.82, 2.24) is 4.90 Å².